The Bertz CT molecular complexity index is 1410. The van der Waals surface area contributed by atoms with E-state index in [2.05, 4.69) is 53.6 Å². The van der Waals surface area contributed by atoms with E-state index in [0.29, 0.717) is 15.7 Å². The van der Waals surface area contributed by atoms with Gasteiger partial charge in [0.25, 0.3) is 0 Å². The molecule has 8 heteroatoms. The van der Waals surface area contributed by atoms with Crippen molar-refractivity contribution in [3.05, 3.63) is 51.4 Å². The van der Waals surface area contributed by atoms with Gasteiger partial charge in [0.1, 0.15) is 11.1 Å². The molecule has 32 heavy (non-hydrogen) atoms. The van der Waals surface area contributed by atoms with Gasteiger partial charge in [-0.05, 0) is 69.2 Å². The van der Waals surface area contributed by atoms with Crippen LogP contribution in [0.5, 0.6) is 0 Å². The second kappa shape index (κ2) is 8.23. The van der Waals surface area contributed by atoms with Gasteiger partial charge < -0.3 is 5.32 Å². The van der Waals surface area contributed by atoms with E-state index in [0.717, 1.165) is 58.9 Å². The van der Waals surface area contributed by atoms with Crippen molar-refractivity contribution in [2.75, 3.05) is 5.32 Å². The molecule has 0 fully saturated rings. The largest absolute Gasteiger partial charge is 0.316 e. The number of nitrogens with zero attached hydrogens (tertiary/aromatic N) is 4. The van der Waals surface area contributed by atoms with E-state index in [1.807, 2.05) is 17.4 Å². The third-order valence-corrected chi connectivity index (χ3v) is 8.31. The molecule has 0 aliphatic heterocycles. The van der Waals surface area contributed by atoms with Gasteiger partial charge >= 0.3 is 0 Å². The van der Waals surface area contributed by atoms with Crippen molar-refractivity contribution >= 4 is 50.6 Å². The number of amides is 1. The van der Waals surface area contributed by atoms with Gasteiger partial charge in [-0.3, -0.25) is 9.20 Å². The zero-order chi connectivity index (χ0) is 22.4. The summed E-state index contributed by atoms with van der Waals surface area (Å²) in [6.45, 7) is 6.02. The van der Waals surface area contributed by atoms with Crippen LogP contribution in [-0.2, 0) is 17.6 Å². The maximum absolute atomic E-state index is 13.0. The molecule has 1 atom stereocenters. The number of thiophene rings is 1. The zero-order valence-electron chi connectivity index (χ0n) is 18.2. The fraction of sp³-hybridized carbons (Fsp3) is 0.333. The van der Waals surface area contributed by atoms with Gasteiger partial charge in [0.05, 0.1) is 16.3 Å². The van der Waals surface area contributed by atoms with E-state index >= 15 is 0 Å². The van der Waals surface area contributed by atoms with E-state index in [4.69, 9.17) is 0 Å². The van der Waals surface area contributed by atoms with Crippen LogP contribution in [0, 0.1) is 25.2 Å². The Morgan fingerprint density at radius 1 is 1.25 bits per heavy atom. The predicted molar refractivity (Wildman–Crippen MR) is 130 cm³/mol. The number of aromatic nitrogens is 3. The lowest BCUT2D eigenvalue weighted by Gasteiger charge is -2.13. The molecule has 1 unspecified atom stereocenters. The van der Waals surface area contributed by atoms with Crippen molar-refractivity contribution in [3.63, 3.8) is 0 Å². The van der Waals surface area contributed by atoms with Crippen LogP contribution >= 0.6 is 23.1 Å². The van der Waals surface area contributed by atoms with Crippen LogP contribution in [-0.4, -0.2) is 25.8 Å². The molecule has 1 aliphatic rings. The standard InChI is InChI=1S/C24H23N5OS2/c1-13-7-6-9-16-14(2)11-20-27-28-24(29(20)21(13)16)31-15(3)22(30)26-23-18(12-25)17-8-4-5-10-19(17)32-23/h6-7,9,11,15H,4-5,8,10H2,1-3H3,(H,26,30). The number of rotatable bonds is 4. The molecule has 0 saturated carbocycles. The van der Waals surface area contributed by atoms with Crippen LogP contribution in [0.3, 0.4) is 0 Å². The van der Waals surface area contributed by atoms with E-state index in [1.54, 1.807) is 11.3 Å². The minimum atomic E-state index is -0.395. The van der Waals surface area contributed by atoms with E-state index in [9.17, 15) is 10.1 Å². The quantitative estimate of drug-likeness (QED) is 0.410. The monoisotopic (exact) mass is 461 g/mol. The first-order valence-electron chi connectivity index (χ1n) is 10.7. The van der Waals surface area contributed by atoms with E-state index < -0.39 is 5.25 Å². The third-order valence-electron chi connectivity index (χ3n) is 6.06. The number of nitrogens with one attached hydrogen (secondary N) is 1. The number of thioether (sulfide) groups is 1. The highest BCUT2D eigenvalue weighted by Crippen LogP contribution is 2.38. The number of benzene rings is 1. The van der Waals surface area contributed by atoms with Crippen molar-refractivity contribution < 1.29 is 4.79 Å². The maximum atomic E-state index is 13.0. The number of fused-ring (bicyclic) bond motifs is 4. The Morgan fingerprint density at radius 2 is 2.06 bits per heavy atom. The number of hydrogen-bond donors (Lipinski definition) is 1. The number of pyridine rings is 1. The first kappa shape index (κ1) is 21.0. The lowest BCUT2D eigenvalue weighted by molar-refractivity contribution is -0.115. The average Bonchev–Trinajstić information content (AvgIpc) is 3.34. The van der Waals surface area contributed by atoms with Gasteiger partial charge in [-0.1, -0.05) is 30.0 Å². The molecule has 0 radical (unpaired) electrons. The number of aryl methyl sites for hydroxylation is 3. The smallest absolute Gasteiger partial charge is 0.238 e. The van der Waals surface area contributed by atoms with Gasteiger partial charge in [0.2, 0.25) is 5.91 Å². The Hall–Kier alpha value is -2.89. The Labute approximate surface area is 194 Å². The highest BCUT2D eigenvalue weighted by Gasteiger charge is 2.25. The van der Waals surface area contributed by atoms with E-state index in [-0.39, 0.29) is 5.91 Å². The molecule has 0 saturated heterocycles. The van der Waals surface area contributed by atoms with Crippen LogP contribution in [0.25, 0.3) is 16.6 Å². The molecule has 6 nitrogen and oxygen atoms in total. The molecule has 4 aromatic rings. The number of anilines is 1. The van der Waals surface area contributed by atoms with Crippen molar-refractivity contribution in [1.82, 2.24) is 14.6 Å². The predicted octanol–water partition coefficient (Wildman–Crippen LogP) is 5.43. The van der Waals surface area contributed by atoms with E-state index in [1.165, 1.54) is 16.6 Å². The lowest BCUT2D eigenvalue weighted by atomic mass is 9.96. The molecule has 1 aromatic carbocycles. The number of nitriles is 1. The minimum Gasteiger partial charge on any atom is -0.316 e. The molecule has 1 N–H and O–H groups in total. The maximum Gasteiger partial charge on any atom is 0.238 e. The Balaban J connectivity index is 1.45. The molecule has 0 bridgehead atoms. The van der Waals surface area contributed by atoms with Crippen LogP contribution in [0.4, 0.5) is 5.00 Å². The molecule has 0 spiro atoms. The SMILES string of the molecule is Cc1cc2nnc(SC(C)C(=O)Nc3sc4c(c3C#N)CCCC4)n2c2c(C)cccc12. The molecule has 3 aromatic heterocycles. The molecule has 1 aliphatic carbocycles. The lowest BCUT2D eigenvalue weighted by Crippen LogP contribution is -2.22. The summed E-state index contributed by atoms with van der Waals surface area (Å²) >= 11 is 2.94. The summed E-state index contributed by atoms with van der Waals surface area (Å²) in [4.78, 5) is 14.3. The van der Waals surface area contributed by atoms with Gasteiger partial charge in [-0.15, -0.1) is 21.5 Å². The summed E-state index contributed by atoms with van der Waals surface area (Å²) < 4.78 is 2.04. The molecular weight excluding hydrogens is 438 g/mol. The fourth-order valence-electron chi connectivity index (χ4n) is 4.40. The third kappa shape index (κ3) is 3.46. The van der Waals surface area contributed by atoms with Crippen LogP contribution < -0.4 is 5.32 Å². The highest BCUT2D eigenvalue weighted by molar-refractivity contribution is 8.00. The summed E-state index contributed by atoms with van der Waals surface area (Å²) in [6, 6.07) is 10.6. The van der Waals surface area contributed by atoms with Crippen molar-refractivity contribution in [1.29, 1.82) is 5.26 Å². The first-order chi connectivity index (χ1) is 15.5. The molecule has 5 rings (SSSR count). The van der Waals surface area contributed by atoms with Crippen molar-refractivity contribution in [2.24, 2.45) is 0 Å². The van der Waals surface area contributed by atoms with Gasteiger partial charge in [0, 0.05) is 10.3 Å². The summed E-state index contributed by atoms with van der Waals surface area (Å²) in [5.41, 5.74) is 5.90. The van der Waals surface area contributed by atoms with Crippen LogP contribution in [0.2, 0.25) is 0 Å². The summed E-state index contributed by atoms with van der Waals surface area (Å²) in [6.07, 6.45) is 4.16. The number of carbonyl (C=O) groups excluding carboxylic acids is 1. The Morgan fingerprint density at radius 3 is 2.88 bits per heavy atom. The summed E-state index contributed by atoms with van der Waals surface area (Å²) in [5, 5.41) is 23.6. The molecular formula is C24H23N5OS2. The van der Waals surface area contributed by atoms with Gasteiger partial charge in [0.15, 0.2) is 10.8 Å². The molecule has 3 heterocycles. The van der Waals surface area contributed by atoms with Crippen LogP contribution in [0.15, 0.2) is 29.4 Å². The van der Waals surface area contributed by atoms with Crippen molar-refractivity contribution in [3.8, 4) is 6.07 Å². The second-order valence-corrected chi connectivity index (χ2v) is 10.7. The normalized spacial score (nSPS) is 14.3. The topological polar surface area (TPSA) is 83.1 Å². The summed E-state index contributed by atoms with van der Waals surface area (Å²) in [5.74, 6) is -0.130. The van der Waals surface area contributed by atoms with Crippen molar-refractivity contribution in [2.45, 2.75) is 56.9 Å². The fourth-order valence-corrected chi connectivity index (χ4v) is 6.51. The number of para-hydroxylation sites is 1. The van der Waals surface area contributed by atoms with Gasteiger partial charge in [-0.2, -0.15) is 5.26 Å². The highest BCUT2D eigenvalue weighted by atomic mass is 32.2. The second-order valence-electron chi connectivity index (χ2n) is 8.25. The van der Waals surface area contributed by atoms with Crippen LogP contribution in [0.1, 0.15) is 46.9 Å². The number of hydrogen-bond acceptors (Lipinski definition) is 6. The minimum absolute atomic E-state index is 0.130. The number of carbonyl (C=O) groups is 1. The molecule has 1 amide bonds. The molecule has 162 valence electrons. The summed E-state index contributed by atoms with van der Waals surface area (Å²) in [7, 11) is 0. The Kier molecular flexibility index (Phi) is 5.39. The van der Waals surface area contributed by atoms with Gasteiger partial charge in [-0.25, -0.2) is 0 Å². The first-order valence-corrected chi connectivity index (χ1v) is 12.4. The average molecular weight is 462 g/mol. The zero-order valence-corrected chi connectivity index (χ0v) is 19.9.